The van der Waals surface area contributed by atoms with Crippen LogP contribution in [0.15, 0.2) is 52.7 Å². The Morgan fingerprint density at radius 1 is 1.27 bits per heavy atom. The van der Waals surface area contributed by atoms with Crippen molar-refractivity contribution in [2.75, 3.05) is 18.0 Å². The summed E-state index contributed by atoms with van der Waals surface area (Å²) in [5, 5.41) is 23.6. The van der Waals surface area contributed by atoms with Gasteiger partial charge in [-0.05, 0) is 29.8 Å². The van der Waals surface area contributed by atoms with Gasteiger partial charge in [0.15, 0.2) is 11.5 Å². The molecule has 10 nitrogen and oxygen atoms in total. The molecule has 0 saturated carbocycles. The first-order valence-corrected chi connectivity index (χ1v) is 9.93. The van der Waals surface area contributed by atoms with Crippen LogP contribution in [0.4, 0.5) is 5.95 Å². The Balaban J connectivity index is 1.21. The molecule has 2 aromatic carbocycles. The van der Waals surface area contributed by atoms with E-state index in [0.717, 1.165) is 5.56 Å². The van der Waals surface area contributed by atoms with E-state index >= 15 is 0 Å². The zero-order valence-corrected chi connectivity index (χ0v) is 16.5. The minimum absolute atomic E-state index is 0.128. The molecule has 0 aliphatic carbocycles. The van der Waals surface area contributed by atoms with Crippen molar-refractivity contribution < 1.29 is 19.4 Å². The van der Waals surface area contributed by atoms with Gasteiger partial charge in [-0.15, -0.1) is 5.10 Å². The summed E-state index contributed by atoms with van der Waals surface area (Å²) in [6, 6.07) is 12.4. The molecule has 2 heterocycles. The smallest absolute Gasteiger partial charge is 0.240 e. The van der Waals surface area contributed by atoms with Crippen LogP contribution in [0.25, 0.3) is 0 Å². The number of fused-ring (bicyclic) bond motifs is 1. The number of carbonyl (C=O) groups excluding carboxylic acids is 1. The Morgan fingerprint density at radius 2 is 2.13 bits per heavy atom. The predicted octanol–water partition coefficient (Wildman–Crippen LogP) is 2.09. The van der Waals surface area contributed by atoms with Gasteiger partial charge in [-0.2, -0.15) is 10.1 Å². The number of amides is 1. The van der Waals surface area contributed by atoms with Gasteiger partial charge >= 0.3 is 0 Å². The van der Waals surface area contributed by atoms with Crippen molar-refractivity contribution in [3.05, 3.63) is 53.6 Å². The summed E-state index contributed by atoms with van der Waals surface area (Å²) in [4.78, 5) is 16.3. The lowest BCUT2D eigenvalue weighted by Crippen LogP contribution is -2.24. The number of phenols is 1. The molecule has 1 amide bonds. The molecule has 11 heteroatoms. The Hall–Kier alpha value is -3.73. The molecule has 0 unspecified atom stereocenters. The highest BCUT2D eigenvalue weighted by atomic mass is 32.2. The number of carbonyl (C=O) groups is 1. The number of hydrogen-bond acceptors (Lipinski definition) is 9. The van der Waals surface area contributed by atoms with E-state index in [1.54, 1.807) is 24.3 Å². The molecule has 154 valence electrons. The minimum Gasteiger partial charge on any atom is -0.507 e. The van der Waals surface area contributed by atoms with Crippen LogP contribution >= 0.6 is 11.8 Å². The Labute approximate surface area is 175 Å². The minimum atomic E-state index is -0.144. The topological polar surface area (TPSA) is 134 Å². The first-order valence-electron chi connectivity index (χ1n) is 8.95. The molecule has 0 spiro atoms. The summed E-state index contributed by atoms with van der Waals surface area (Å²) in [7, 11) is 0. The van der Waals surface area contributed by atoms with Crippen molar-refractivity contribution in [2.45, 2.75) is 11.7 Å². The van der Waals surface area contributed by atoms with E-state index in [9.17, 15) is 9.90 Å². The van der Waals surface area contributed by atoms with Crippen molar-refractivity contribution >= 4 is 29.8 Å². The maximum absolute atomic E-state index is 12.1. The number of H-pyrrole nitrogens is 1. The van der Waals surface area contributed by atoms with Gasteiger partial charge in [0.2, 0.25) is 23.8 Å². The summed E-state index contributed by atoms with van der Waals surface area (Å²) in [5.74, 6) is 1.87. The SMILES string of the molecule is O=C(CSc1n[nH]c(N/N=C\c2ccccc2O)n1)NCc1ccc2c(c1)OCO2. The fourth-order valence-electron chi connectivity index (χ4n) is 2.55. The number of aromatic amines is 1. The van der Waals surface area contributed by atoms with Crippen LogP contribution < -0.4 is 20.2 Å². The number of nitrogens with zero attached hydrogens (tertiary/aromatic N) is 3. The first kappa shape index (κ1) is 19.6. The summed E-state index contributed by atoms with van der Waals surface area (Å²) < 4.78 is 10.6. The largest absolute Gasteiger partial charge is 0.507 e. The van der Waals surface area contributed by atoms with E-state index in [-0.39, 0.29) is 24.2 Å². The fourth-order valence-corrected chi connectivity index (χ4v) is 3.18. The number of anilines is 1. The molecule has 1 aromatic heterocycles. The normalized spacial score (nSPS) is 12.3. The number of rotatable bonds is 8. The van der Waals surface area contributed by atoms with Crippen LogP contribution in [-0.4, -0.2) is 45.0 Å². The summed E-state index contributed by atoms with van der Waals surface area (Å²) in [6.07, 6.45) is 1.47. The van der Waals surface area contributed by atoms with Gasteiger partial charge in [-0.25, -0.2) is 10.5 Å². The lowest BCUT2D eigenvalue weighted by Gasteiger charge is -2.05. The van der Waals surface area contributed by atoms with Crippen molar-refractivity contribution in [3.8, 4) is 17.2 Å². The standard InChI is InChI=1S/C19H18N6O4S/c26-14-4-2-1-3-13(14)9-21-23-18-22-19(25-24-18)30-10-17(27)20-8-12-5-6-15-16(7-12)29-11-28-15/h1-7,9,26H,8,10-11H2,(H,20,27)(H2,22,23,24,25)/b21-9-. The average molecular weight is 426 g/mol. The Kier molecular flexibility index (Phi) is 5.99. The summed E-state index contributed by atoms with van der Waals surface area (Å²) in [6.45, 7) is 0.604. The van der Waals surface area contributed by atoms with Crippen molar-refractivity contribution in [1.29, 1.82) is 0 Å². The van der Waals surface area contributed by atoms with E-state index in [4.69, 9.17) is 9.47 Å². The Bertz CT molecular complexity index is 1070. The second-order valence-electron chi connectivity index (χ2n) is 6.15. The van der Waals surface area contributed by atoms with E-state index in [0.29, 0.717) is 34.7 Å². The number of ether oxygens (including phenoxy) is 2. The second kappa shape index (κ2) is 9.18. The molecule has 4 rings (SSSR count). The van der Waals surface area contributed by atoms with Crippen molar-refractivity contribution in [3.63, 3.8) is 0 Å². The van der Waals surface area contributed by atoms with Gasteiger partial charge in [-0.1, -0.05) is 30.0 Å². The first-order chi connectivity index (χ1) is 14.7. The molecule has 4 N–H and O–H groups in total. The molecule has 3 aromatic rings. The number of nitrogens with one attached hydrogen (secondary N) is 3. The van der Waals surface area contributed by atoms with Gasteiger partial charge < -0.3 is 19.9 Å². The zero-order chi connectivity index (χ0) is 20.8. The van der Waals surface area contributed by atoms with Crippen LogP contribution in [-0.2, 0) is 11.3 Å². The third-order valence-corrected chi connectivity index (χ3v) is 4.88. The van der Waals surface area contributed by atoms with Gasteiger partial charge in [0.05, 0.1) is 12.0 Å². The molecule has 1 aliphatic heterocycles. The lowest BCUT2D eigenvalue weighted by molar-refractivity contribution is -0.118. The number of hydrazone groups is 1. The van der Waals surface area contributed by atoms with Crippen molar-refractivity contribution in [2.24, 2.45) is 5.10 Å². The molecular formula is C19H18N6O4S. The zero-order valence-electron chi connectivity index (χ0n) is 15.7. The van der Waals surface area contributed by atoms with Crippen LogP contribution in [0.2, 0.25) is 0 Å². The number of aromatic hydroxyl groups is 1. The highest BCUT2D eigenvalue weighted by Crippen LogP contribution is 2.32. The fraction of sp³-hybridized carbons (Fsp3) is 0.158. The molecule has 0 saturated heterocycles. The maximum Gasteiger partial charge on any atom is 0.240 e. The number of aromatic nitrogens is 3. The number of phenolic OH excluding ortho intramolecular Hbond substituents is 1. The highest BCUT2D eigenvalue weighted by Gasteiger charge is 2.13. The number of thioether (sulfide) groups is 1. The molecule has 0 fully saturated rings. The average Bonchev–Trinajstić information content (AvgIpc) is 3.41. The Morgan fingerprint density at radius 3 is 3.03 bits per heavy atom. The second-order valence-corrected chi connectivity index (χ2v) is 7.09. The molecule has 0 radical (unpaired) electrons. The van der Waals surface area contributed by atoms with Gasteiger partial charge in [0.25, 0.3) is 0 Å². The quantitative estimate of drug-likeness (QED) is 0.244. The van der Waals surface area contributed by atoms with E-state index in [1.807, 2.05) is 18.2 Å². The summed E-state index contributed by atoms with van der Waals surface area (Å²) >= 11 is 1.19. The van der Waals surface area contributed by atoms with E-state index in [2.05, 4.69) is 31.0 Å². The molecule has 1 aliphatic rings. The maximum atomic E-state index is 12.1. The number of benzene rings is 2. The molecule has 0 atom stereocenters. The molecular weight excluding hydrogens is 408 g/mol. The van der Waals surface area contributed by atoms with Crippen LogP contribution in [0, 0.1) is 0 Å². The number of hydrogen-bond donors (Lipinski definition) is 4. The molecule has 0 bridgehead atoms. The third-order valence-electron chi connectivity index (χ3n) is 4.03. The van der Waals surface area contributed by atoms with Gasteiger partial charge in [0, 0.05) is 12.1 Å². The number of para-hydroxylation sites is 1. The van der Waals surface area contributed by atoms with Gasteiger partial charge in [0.1, 0.15) is 5.75 Å². The third kappa shape index (κ3) is 5.00. The summed E-state index contributed by atoms with van der Waals surface area (Å²) in [5.41, 5.74) is 4.18. The predicted molar refractivity (Wildman–Crippen MR) is 111 cm³/mol. The molecule has 30 heavy (non-hydrogen) atoms. The van der Waals surface area contributed by atoms with Gasteiger partial charge in [-0.3, -0.25) is 4.79 Å². The van der Waals surface area contributed by atoms with Crippen LogP contribution in [0.5, 0.6) is 17.2 Å². The van der Waals surface area contributed by atoms with Crippen LogP contribution in [0.1, 0.15) is 11.1 Å². The highest BCUT2D eigenvalue weighted by molar-refractivity contribution is 7.99. The van der Waals surface area contributed by atoms with Crippen LogP contribution in [0.3, 0.4) is 0 Å². The van der Waals surface area contributed by atoms with E-state index < -0.39 is 0 Å². The monoisotopic (exact) mass is 426 g/mol. The van der Waals surface area contributed by atoms with E-state index in [1.165, 1.54) is 18.0 Å². The van der Waals surface area contributed by atoms with Crippen molar-refractivity contribution in [1.82, 2.24) is 20.5 Å². The lowest BCUT2D eigenvalue weighted by atomic mass is 10.2.